The van der Waals surface area contributed by atoms with Crippen molar-refractivity contribution in [3.63, 3.8) is 0 Å². The maximum atomic E-state index is 11.7. The van der Waals surface area contributed by atoms with Crippen molar-refractivity contribution in [2.45, 2.75) is 51.9 Å². The lowest BCUT2D eigenvalue weighted by Gasteiger charge is -2.20. The Labute approximate surface area is 132 Å². The molecular weight excluding hydrogens is 276 g/mol. The quantitative estimate of drug-likeness (QED) is 0.746. The molecule has 2 unspecified atom stereocenters. The van der Waals surface area contributed by atoms with E-state index in [2.05, 4.69) is 6.92 Å². The Hall–Kier alpha value is -1.48. The summed E-state index contributed by atoms with van der Waals surface area (Å²) in [5.41, 5.74) is 2.09. The number of aliphatic hydroxyl groups excluding tert-OH is 1. The number of Topliss-reactive ketones (excluding diaryl/α,β-unsaturated/α-hetero) is 1. The molecule has 0 heterocycles. The Morgan fingerprint density at radius 2 is 2.18 bits per heavy atom. The number of rotatable bonds is 8. The van der Waals surface area contributed by atoms with Crippen molar-refractivity contribution in [1.29, 1.82) is 0 Å². The molecule has 0 amide bonds. The van der Waals surface area contributed by atoms with Gasteiger partial charge in [0.25, 0.3) is 0 Å². The molecule has 2 aliphatic carbocycles. The van der Waals surface area contributed by atoms with Gasteiger partial charge in [-0.3, -0.25) is 9.59 Å². The number of carbonyl (C=O) groups is 2. The summed E-state index contributed by atoms with van der Waals surface area (Å²) in [4.78, 5) is 23.2. The highest BCUT2D eigenvalue weighted by atomic mass is 16.3. The van der Waals surface area contributed by atoms with Crippen molar-refractivity contribution in [2.24, 2.45) is 11.8 Å². The molecule has 2 rings (SSSR count). The molecule has 2 aliphatic rings. The van der Waals surface area contributed by atoms with Crippen LogP contribution >= 0.6 is 0 Å². The second-order valence-electron chi connectivity index (χ2n) is 6.28. The van der Waals surface area contributed by atoms with Gasteiger partial charge in [0.1, 0.15) is 6.61 Å². The zero-order valence-electron chi connectivity index (χ0n) is 13.4. The molecule has 0 spiro atoms. The predicted molar refractivity (Wildman–Crippen MR) is 87.4 cm³/mol. The SMILES string of the molecule is CCCC1=CC(=O)C=CC1CCCC1CCC=C1C(=O)CO. The third-order valence-corrected chi connectivity index (χ3v) is 4.69. The Bertz CT molecular complexity index is 511. The summed E-state index contributed by atoms with van der Waals surface area (Å²) in [6.45, 7) is 1.76. The van der Waals surface area contributed by atoms with Crippen LogP contribution in [0.3, 0.4) is 0 Å². The van der Waals surface area contributed by atoms with E-state index in [1.54, 1.807) is 12.2 Å². The fourth-order valence-electron chi connectivity index (χ4n) is 3.58. The third-order valence-electron chi connectivity index (χ3n) is 4.69. The van der Waals surface area contributed by atoms with E-state index in [0.717, 1.165) is 50.5 Å². The summed E-state index contributed by atoms with van der Waals surface area (Å²) in [6, 6.07) is 0. The van der Waals surface area contributed by atoms with Crippen LogP contribution in [0, 0.1) is 11.8 Å². The molecule has 0 aliphatic heterocycles. The number of carbonyl (C=O) groups excluding carboxylic acids is 2. The monoisotopic (exact) mass is 302 g/mol. The second kappa shape index (κ2) is 8.23. The molecule has 1 N–H and O–H groups in total. The van der Waals surface area contributed by atoms with Gasteiger partial charge in [0.15, 0.2) is 11.6 Å². The fourth-order valence-corrected chi connectivity index (χ4v) is 3.58. The van der Waals surface area contributed by atoms with E-state index in [1.165, 1.54) is 5.57 Å². The lowest BCUT2D eigenvalue weighted by molar-refractivity contribution is -0.118. The van der Waals surface area contributed by atoms with Gasteiger partial charge in [-0.15, -0.1) is 0 Å². The van der Waals surface area contributed by atoms with Crippen LogP contribution in [0.2, 0.25) is 0 Å². The standard InChI is InChI=1S/C19H26O3/c1-2-5-16-12-17(21)11-10-14(16)6-3-7-15-8-4-9-18(15)19(22)13-20/h9-12,14-15,20H,2-8,13H2,1H3. The molecule has 0 aromatic carbocycles. The van der Waals surface area contributed by atoms with Gasteiger partial charge in [0.05, 0.1) is 0 Å². The predicted octanol–water partition coefficient (Wildman–Crippen LogP) is 3.54. The van der Waals surface area contributed by atoms with Gasteiger partial charge in [-0.1, -0.05) is 37.5 Å². The van der Waals surface area contributed by atoms with E-state index in [4.69, 9.17) is 5.11 Å². The van der Waals surface area contributed by atoms with Gasteiger partial charge < -0.3 is 5.11 Å². The summed E-state index contributed by atoms with van der Waals surface area (Å²) in [5.74, 6) is 0.680. The molecule has 2 atom stereocenters. The Balaban J connectivity index is 1.84. The van der Waals surface area contributed by atoms with Gasteiger partial charge in [0, 0.05) is 0 Å². The van der Waals surface area contributed by atoms with Gasteiger partial charge in [0.2, 0.25) is 0 Å². The van der Waals surface area contributed by atoms with Crippen molar-refractivity contribution >= 4 is 11.6 Å². The highest BCUT2D eigenvalue weighted by Crippen LogP contribution is 2.33. The van der Waals surface area contributed by atoms with Crippen LogP contribution < -0.4 is 0 Å². The summed E-state index contributed by atoms with van der Waals surface area (Å²) in [7, 11) is 0. The van der Waals surface area contributed by atoms with Crippen LogP contribution in [-0.2, 0) is 9.59 Å². The number of hydrogen-bond donors (Lipinski definition) is 1. The number of aliphatic hydroxyl groups is 1. The topological polar surface area (TPSA) is 54.4 Å². The molecule has 120 valence electrons. The minimum Gasteiger partial charge on any atom is -0.388 e. The van der Waals surface area contributed by atoms with Crippen LogP contribution in [0.25, 0.3) is 0 Å². The van der Waals surface area contributed by atoms with Crippen LogP contribution in [0.15, 0.2) is 35.5 Å². The summed E-state index contributed by atoms with van der Waals surface area (Å²) < 4.78 is 0. The van der Waals surface area contributed by atoms with Crippen molar-refractivity contribution in [2.75, 3.05) is 6.61 Å². The zero-order valence-corrected chi connectivity index (χ0v) is 13.4. The first-order valence-electron chi connectivity index (χ1n) is 8.42. The fraction of sp³-hybridized carbons (Fsp3) is 0.579. The highest BCUT2D eigenvalue weighted by Gasteiger charge is 2.24. The van der Waals surface area contributed by atoms with Crippen LogP contribution in [0.1, 0.15) is 51.9 Å². The molecule has 22 heavy (non-hydrogen) atoms. The lowest BCUT2D eigenvalue weighted by atomic mass is 9.84. The van der Waals surface area contributed by atoms with E-state index in [-0.39, 0.29) is 18.2 Å². The van der Waals surface area contributed by atoms with Crippen LogP contribution in [-0.4, -0.2) is 23.3 Å². The maximum Gasteiger partial charge on any atom is 0.184 e. The average molecular weight is 302 g/mol. The molecule has 0 saturated heterocycles. The first kappa shape index (κ1) is 16.9. The van der Waals surface area contributed by atoms with E-state index in [0.29, 0.717) is 11.8 Å². The van der Waals surface area contributed by atoms with Gasteiger partial charge in [-0.2, -0.15) is 0 Å². The molecule has 0 radical (unpaired) electrons. The summed E-state index contributed by atoms with van der Waals surface area (Å²) >= 11 is 0. The Morgan fingerprint density at radius 1 is 1.36 bits per heavy atom. The second-order valence-corrected chi connectivity index (χ2v) is 6.28. The van der Waals surface area contributed by atoms with E-state index in [1.807, 2.05) is 12.2 Å². The van der Waals surface area contributed by atoms with E-state index < -0.39 is 0 Å². The molecule has 0 aromatic rings. The first-order chi connectivity index (χ1) is 10.7. The largest absolute Gasteiger partial charge is 0.388 e. The van der Waals surface area contributed by atoms with Gasteiger partial charge >= 0.3 is 0 Å². The van der Waals surface area contributed by atoms with Crippen molar-refractivity contribution in [1.82, 2.24) is 0 Å². The maximum absolute atomic E-state index is 11.7. The molecule has 3 nitrogen and oxygen atoms in total. The molecular formula is C19H26O3. The van der Waals surface area contributed by atoms with Crippen molar-refractivity contribution < 1.29 is 14.7 Å². The average Bonchev–Trinajstić information content (AvgIpc) is 2.97. The Morgan fingerprint density at radius 3 is 2.91 bits per heavy atom. The van der Waals surface area contributed by atoms with Gasteiger partial charge in [-0.05, 0) is 61.7 Å². The van der Waals surface area contributed by atoms with Crippen LogP contribution in [0.5, 0.6) is 0 Å². The number of ketones is 2. The third kappa shape index (κ3) is 4.26. The summed E-state index contributed by atoms with van der Waals surface area (Å²) in [5, 5.41) is 9.02. The normalized spacial score (nSPS) is 24.4. The zero-order chi connectivity index (χ0) is 15.9. The molecule has 0 saturated carbocycles. The van der Waals surface area contributed by atoms with E-state index >= 15 is 0 Å². The number of hydrogen-bond acceptors (Lipinski definition) is 3. The molecule has 0 bridgehead atoms. The van der Waals surface area contributed by atoms with Crippen molar-refractivity contribution in [3.05, 3.63) is 35.5 Å². The molecule has 0 aromatic heterocycles. The molecule has 3 heteroatoms. The smallest absolute Gasteiger partial charge is 0.184 e. The lowest BCUT2D eigenvalue weighted by Crippen LogP contribution is -2.14. The highest BCUT2D eigenvalue weighted by molar-refractivity contribution is 6.00. The minimum atomic E-state index is -0.376. The van der Waals surface area contributed by atoms with Crippen LogP contribution in [0.4, 0.5) is 0 Å². The Kier molecular flexibility index (Phi) is 6.32. The minimum absolute atomic E-state index is 0.106. The molecule has 0 fully saturated rings. The van der Waals surface area contributed by atoms with E-state index in [9.17, 15) is 9.59 Å². The first-order valence-corrected chi connectivity index (χ1v) is 8.42. The van der Waals surface area contributed by atoms with Crippen molar-refractivity contribution in [3.8, 4) is 0 Å². The summed E-state index contributed by atoms with van der Waals surface area (Å²) in [6.07, 6.45) is 14.6. The van der Waals surface area contributed by atoms with Gasteiger partial charge in [-0.25, -0.2) is 0 Å². The number of allylic oxidation sites excluding steroid dienone is 5.